The van der Waals surface area contributed by atoms with E-state index in [0.29, 0.717) is 11.4 Å². The van der Waals surface area contributed by atoms with Gasteiger partial charge in [-0.1, -0.05) is 17.4 Å². The van der Waals surface area contributed by atoms with Gasteiger partial charge >= 0.3 is 0 Å². The molecule has 1 aliphatic heterocycles. The van der Waals surface area contributed by atoms with E-state index in [1.54, 1.807) is 23.5 Å². The molecule has 0 atom stereocenters. The maximum Gasteiger partial charge on any atom is 0.270 e. The molecule has 1 saturated heterocycles. The van der Waals surface area contributed by atoms with Crippen LogP contribution < -0.4 is 10.2 Å². The number of nitrogens with zero attached hydrogens (tertiary/aromatic N) is 4. The number of piperazine rings is 1. The second-order valence-electron chi connectivity index (χ2n) is 8.60. The number of thiazole rings is 1. The van der Waals surface area contributed by atoms with E-state index in [4.69, 9.17) is 4.98 Å². The lowest BCUT2D eigenvalue weighted by atomic mass is 10.1. The Bertz CT molecular complexity index is 1390. The Balaban J connectivity index is 1.13. The van der Waals surface area contributed by atoms with Crippen LogP contribution in [0.1, 0.15) is 20.8 Å². The first-order valence-corrected chi connectivity index (χ1v) is 12.8. The quantitative estimate of drug-likeness (QED) is 0.311. The van der Waals surface area contributed by atoms with Crippen LogP contribution in [0.3, 0.4) is 0 Å². The maximum absolute atomic E-state index is 12.6. The molecule has 176 valence electrons. The van der Waals surface area contributed by atoms with E-state index >= 15 is 0 Å². The Morgan fingerprint density at radius 2 is 1.88 bits per heavy atom. The molecule has 3 heterocycles. The summed E-state index contributed by atoms with van der Waals surface area (Å²) >= 11 is 3.11. The largest absolute Gasteiger partial charge is 0.350 e. The number of fused-ring (bicyclic) bond motifs is 2. The van der Waals surface area contributed by atoms with Crippen LogP contribution >= 0.6 is 22.7 Å². The zero-order valence-electron chi connectivity index (χ0n) is 19.0. The van der Waals surface area contributed by atoms with Crippen molar-refractivity contribution in [2.45, 2.75) is 13.8 Å². The SMILES string of the molecule is Cc1cc(C)c2nc(N3CCN(CCNC(=O)c4cc5cc([N+](=O)[O-])ccc5s4)CC3)sc2c1. The summed E-state index contributed by atoms with van der Waals surface area (Å²) in [5.74, 6) is -0.136. The molecule has 0 unspecified atom stereocenters. The number of non-ortho nitro benzene ring substituents is 1. The number of hydrogen-bond acceptors (Lipinski definition) is 8. The lowest BCUT2D eigenvalue weighted by Gasteiger charge is -2.34. The van der Waals surface area contributed by atoms with E-state index in [1.807, 2.05) is 0 Å². The molecule has 4 aromatic rings. The van der Waals surface area contributed by atoms with Crippen molar-refractivity contribution in [3.8, 4) is 0 Å². The molecule has 10 heteroatoms. The standard InChI is InChI=1S/C24H25N5O3S2/c1-15-11-16(2)22-20(12-15)34-24(26-22)28-9-7-27(8-10-28)6-5-25-23(30)21-14-17-13-18(29(31)32)3-4-19(17)33-21/h3-4,11-14H,5-10H2,1-2H3,(H,25,30). The summed E-state index contributed by atoms with van der Waals surface area (Å²) in [5.41, 5.74) is 3.63. The Kier molecular flexibility index (Phi) is 6.20. The van der Waals surface area contributed by atoms with Crippen molar-refractivity contribution in [1.29, 1.82) is 0 Å². The summed E-state index contributed by atoms with van der Waals surface area (Å²) in [7, 11) is 0. The van der Waals surface area contributed by atoms with Gasteiger partial charge in [-0.2, -0.15) is 0 Å². The second kappa shape index (κ2) is 9.28. The summed E-state index contributed by atoms with van der Waals surface area (Å²) in [4.78, 5) is 33.3. The van der Waals surface area contributed by atoms with Crippen molar-refractivity contribution in [2.75, 3.05) is 44.2 Å². The fourth-order valence-electron chi connectivity index (χ4n) is 4.33. The molecule has 2 aromatic heterocycles. The average molecular weight is 496 g/mol. The third kappa shape index (κ3) is 4.61. The molecular formula is C24H25N5O3S2. The minimum atomic E-state index is -0.421. The normalized spacial score (nSPS) is 14.7. The van der Waals surface area contributed by atoms with Crippen molar-refractivity contribution < 1.29 is 9.72 Å². The number of nitrogens with one attached hydrogen (secondary N) is 1. The summed E-state index contributed by atoms with van der Waals surface area (Å²) in [6.45, 7) is 9.28. The number of benzene rings is 2. The van der Waals surface area contributed by atoms with Crippen molar-refractivity contribution in [2.24, 2.45) is 0 Å². The molecule has 0 radical (unpaired) electrons. The summed E-state index contributed by atoms with van der Waals surface area (Å²) in [6, 6.07) is 10.8. The molecule has 0 spiro atoms. The van der Waals surface area contributed by atoms with Crippen molar-refractivity contribution >= 4 is 59.7 Å². The Labute approximate surface area is 205 Å². The third-order valence-corrected chi connectivity index (χ3v) is 8.29. The van der Waals surface area contributed by atoms with E-state index < -0.39 is 4.92 Å². The number of thiophene rings is 1. The van der Waals surface area contributed by atoms with Gasteiger partial charge in [0.25, 0.3) is 11.6 Å². The zero-order valence-corrected chi connectivity index (χ0v) is 20.7. The number of rotatable bonds is 6. The van der Waals surface area contributed by atoms with Crippen LogP contribution in [0.4, 0.5) is 10.8 Å². The van der Waals surface area contributed by atoms with Gasteiger partial charge in [-0.05, 0) is 43.2 Å². The Hall–Kier alpha value is -3.08. The fourth-order valence-corrected chi connectivity index (χ4v) is 6.48. The summed E-state index contributed by atoms with van der Waals surface area (Å²) < 4.78 is 2.11. The van der Waals surface area contributed by atoms with E-state index in [0.717, 1.165) is 53.5 Å². The summed E-state index contributed by atoms with van der Waals surface area (Å²) in [6.07, 6.45) is 0. The minimum absolute atomic E-state index is 0.0347. The number of amides is 1. The minimum Gasteiger partial charge on any atom is -0.350 e. The predicted octanol–water partition coefficient (Wildman–Crippen LogP) is 4.59. The molecule has 1 N–H and O–H groups in total. The molecule has 0 bridgehead atoms. The third-order valence-electron chi connectivity index (χ3n) is 6.11. The van der Waals surface area contributed by atoms with Crippen molar-refractivity contribution in [3.63, 3.8) is 0 Å². The van der Waals surface area contributed by atoms with Gasteiger partial charge in [0.15, 0.2) is 5.13 Å². The monoisotopic (exact) mass is 495 g/mol. The molecule has 1 fully saturated rings. The highest BCUT2D eigenvalue weighted by molar-refractivity contribution is 7.22. The number of anilines is 1. The van der Waals surface area contributed by atoms with Crippen molar-refractivity contribution in [3.05, 3.63) is 62.5 Å². The van der Waals surface area contributed by atoms with Gasteiger partial charge in [-0.3, -0.25) is 19.8 Å². The predicted molar refractivity (Wildman–Crippen MR) is 139 cm³/mol. The molecule has 5 rings (SSSR count). The van der Waals surface area contributed by atoms with Gasteiger partial charge in [0.2, 0.25) is 0 Å². The summed E-state index contributed by atoms with van der Waals surface area (Å²) in [5, 5.41) is 15.8. The van der Waals surface area contributed by atoms with Gasteiger partial charge < -0.3 is 10.2 Å². The average Bonchev–Trinajstić information content (AvgIpc) is 3.43. The second-order valence-corrected chi connectivity index (χ2v) is 10.7. The van der Waals surface area contributed by atoms with E-state index in [-0.39, 0.29) is 11.6 Å². The lowest BCUT2D eigenvalue weighted by Crippen LogP contribution is -2.48. The fraction of sp³-hybridized carbons (Fsp3) is 0.333. The smallest absolute Gasteiger partial charge is 0.270 e. The lowest BCUT2D eigenvalue weighted by molar-refractivity contribution is -0.384. The first kappa shape index (κ1) is 22.7. The Morgan fingerprint density at radius 1 is 1.09 bits per heavy atom. The maximum atomic E-state index is 12.6. The number of carbonyl (C=O) groups is 1. The molecule has 0 aliphatic carbocycles. The van der Waals surface area contributed by atoms with Gasteiger partial charge in [0, 0.05) is 61.5 Å². The van der Waals surface area contributed by atoms with E-state index in [2.05, 4.69) is 41.1 Å². The highest BCUT2D eigenvalue weighted by Gasteiger charge is 2.20. The van der Waals surface area contributed by atoms with Gasteiger partial charge in [-0.25, -0.2) is 4.98 Å². The molecular weight excluding hydrogens is 470 g/mol. The molecule has 1 aliphatic rings. The number of aryl methyl sites for hydroxylation is 2. The van der Waals surface area contributed by atoms with Gasteiger partial charge in [-0.15, -0.1) is 11.3 Å². The molecule has 8 nitrogen and oxygen atoms in total. The number of carbonyl (C=O) groups excluding carboxylic acids is 1. The molecule has 34 heavy (non-hydrogen) atoms. The van der Waals surface area contributed by atoms with Crippen LogP contribution in [0.5, 0.6) is 0 Å². The van der Waals surface area contributed by atoms with Crippen LogP contribution in [-0.2, 0) is 0 Å². The Morgan fingerprint density at radius 3 is 2.65 bits per heavy atom. The number of hydrogen-bond donors (Lipinski definition) is 1. The molecule has 1 amide bonds. The van der Waals surface area contributed by atoms with Crippen LogP contribution in [0.15, 0.2) is 36.4 Å². The first-order valence-electron chi connectivity index (χ1n) is 11.2. The highest BCUT2D eigenvalue weighted by Crippen LogP contribution is 2.32. The van der Waals surface area contributed by atoms with Crippen LogP contribution in [-0.4, -0.2) is 60.0 Å². The van der Waals surface area contributed by atoms with E-state index in [9.17, 15) is 14.9 Å². The first-order chi connectivity index (χ1) is 16.4. The van der Waals surface area contributed by atoms with Crippen molar-refractivity contribution in [1.82, 2.24) is 15.2 Å². The number of aromatic nitrogens is 1. The molecule has 0 saturated carbocycles. The highest BCUT2D eigenvalue weighted by atomic mass is 32.1. The molecule has 2 aromatic carbocycles. The van der Waals surface area contributed by atoms with Gasteiger partial charge in [0.1, 0.15) is 0 Å². The van der Waals surface area contributed by atoms with E-state index in [1.165, 1.54) is 39.3 Å². The number of nitro groups is 1. The van der Waals surface area contributed by atoms with Crippen LogP contribution in [0.25, 0.3) is 20.3 Å². The number of nitro benzene ring substituents is 1. The topological polar surface area (TPSA) is 91.6 Å². The van der Waals surface area contributed by atoms with Gasteiger partial charge in [0.05, 0.1) is 20.0 Å². The van der Waals surface area contributed by atoms with Crippen LogP contribution in [0, 0.1) is 24.0 Å². The zero-order chi connectivity index (χ0) is 23.8. The van der Waals surface area contributed by atoms with Crippen LogP contribution in [0.2, 0.25) is 0 Å².